The molecule has 14 aromatic carbocycles. The lowest BCUT2D eigenvalue weighted by Crippen LogP contribution is -2.46. The molecule has 0 spiro atoms. The molecule has 0 unspecified atom stereocenters. The van der Waals surface area contributed by atoms with Gasteiger partial charge in [-0.15, -0.1) is 0 Å². The largest absolute Gasteiger partial charge is 0.349 e. The van der Waals surface area contributed by atoms with Crippen molar-refractivity contribution in [3.8, 4) is 56.4 Å². The van der Waals surface area contributed by atoms with Gasteiger partial charge in [0.15, 0.2) is 0 Å². The van der Waals surface area contributed by atoms with Crippen LogP contribution in [0.2, 0.25) is 0 Å². The lowest BCUT2D eigenvalue weighted by Gasteiger charge is -2.46. The third-order valence-electron chi connectivity index (χ3n) is 18.4. The summed E-state index contributed by atoms with van der Waals surface area (Å²) in [5.41, 5.74) is 21.3. The van der Waals surface area contributed by atoms with E-state index in [1.54, 1.807) is 0 Å². The SMILES string of the molecule is Cc1ccc(-n2c(-c3ccc(-c4cc5c(c6ccccc46)N4Cc6cc(-c7ccc(-c8nc9c%10ccccc%10c%10ccccc%10c9n8-c8ccc(C)cc8)cc7)c7ccccc7c6N(C5)C4)cc3)nc3c4ccccc4c4ccccc4c32)cc1. The number of aromatic nitrogens is 4. The van der Waals surface area contributed by atoms with Crippen molar-refractivity contribution in [1.29, 1.82) is 0 Å². The summed E-state index contributed by atoms with van der Waals surface area (Å²) in [5, 5.41) is 14.7. The van der Waals surface area contributed by atoms with Gasteiger partial charge in [-0.25, -0.2) is 9.97 Å². The molecule has 0 aliphatic carbocycles. The number of nitrogens with zero attached hydrogens (tertiary/aromatic N) is 6. The lowest BCUT2D eigenvalue weighted by molar-refractivity contribution is 0.657. The molecule has 85 heavy (non-hydrogen) atoms. The molecule has 2 aliphatic rings. The smallest absolute Gasteiger partial charge is 0.145 e. The highest BCUT2D eigenvalue weighted by Crippen LogP contribution is 2.50. The third-order valence-corrected chi connectivity index (χ3v) is 18.4. The minimum absolute atomic E-state index is 0.807. The van der Waals surface area contributed by atoms with Crippen LogP contribution >= 0.6 is 0 Å². The normalized spacial score (nSPS) is 13.1. The van der Waals surface area contributed by atoms with Crippen LogP contribution in [-0.4, -0.2) is 25.8 Å². The highest BCUT2D eigenvalue weighted by Gasteiger charge is 2.34. The maximum Gasteiger partial charge on any atom is 0.145 e. The zero-order valence-corrected chi connectivity index (χ0v) is 47.1. The van der Waals surface area contributed by atoms with Crippen molar-refractivity contribution in [2.45, 2.75) is 26.9 Å². The second-order valence-electron chi connectivity index (χ2n) is 23.4. The Morgan fingerprint density at radius 2 is 0.600 bits per heavy atom. The van der Waals surface area contributed by atoms with Gasteiger partial charge in [0.1, 0.15) is 11.6 Å². The highest BCUT2D eigenvalue weighted by atomic mass is 15.4. The van der Waals surface area contributed by atoms with Crippen molar-refractivity contribution in [2.24, 2.45) is 0 Å². The first-order chi connectivity index (χ1) is 42.0. The van der Waals surface area contributed by atoms with Crippen LogP contribution in [-0.2, 0) is 13.1 Å². The Kier molecular flexibility index (Phi) is 10.3. The van der Waals surface area contributed by atoms with E-state index in [9.17, 15) is 0 Å². The fourth-order valence-electron chi connectivity index (χ4n) is 14.6. The molecular formula is C79H54N6. The van der Waals surface area contributed by atoms with Crippen LogP contribution in [0.25, 0.3) is 143 Å². The van der Waals surface area contributed by atoms with Gasteiger partial charge < -0.3 is 9.80 Å². The first kappa shape index (κ1) is 47.8. The summed E-state index contributed by atoms with van der Waals surface area (Å²) in [6.07, 6.45) is 0. The topological polar surface area (TPSA) is 42.1 Å². The molecule has 400 valence electrons. The number of imidazole rings is 2. The molecule has 6 nitrogen and oxygen atoms in total. The van der Waals surface area contributed by atoms with Crippen LogP contribution in [0.1, 0.15) is 22.3 Å². The van der Waals surface area contributed by atoms with Crippen LogP contribution in [0.4, 0.5) is 11.4 Å². The van der Waals surface area contributed by atoms with Crippen molar-refractivity contribution < 1.29 is 0 Å². The number of hydrogen-bond acceptors (Lipinski definition) is 4. The van der Waals surface area contributed by atoms with Crippen molar-refractivity contribution in [3.05, 3.63) is 277 Å². The number of hydrogen-bond donors (Lipinski definition) is 0. The molecule has 0 N–H and O–H groups in total. The first-order valence-corrected chi connectivity index (χ1v) is 29.6. The predicted molar refractivity (Wildman–Crippen MR) is 356 cm³/mol. The summed E-state index contributed by atoms with van der Waals surface area (Å²) < 4.78 is 4.76. The highest BCUT2D eigenvalue weighted by molar-refractivity contribution is 6.25. The average molecular weight is 1090 g/mol. The fraction of sp³-hybridized carbons (Fsp3) is 0.0633. The quantitative estimate of drug-likeness (QED) is 0.156. The molecule has 0 fully saturated rings. The van der Waals surface area contributed by atoms with E-state index in [4.69, 9.17) is 9.97 Å². The van der Waals surface area contributed by atoms with Gasteiger partial charge in [-0.2, -0.15) is 0 Å². The molecule has 0 saturated heterocycles. The first-order valence-electron chi connectivity index (χ1n) is 29.6. The molecular weight excluding hydrogens is 1030 g/mol. The van der Waals surface area contributed by atoms with Gasteiger partial charge in [0.05, 0.1) is 40.1 Å². The summed E-state index contributed by atoms with van der Waals surface area (Å²) >= 11 is 0. The van der Waals surface area contributed by atoms with Gasteiger partial charge in [0.25, 0.3) is 0 Å². The second-order valence-corrected chi connectivity index (χ2v) is 23.4. The van der Waals surface area contributed by atoms with E-state index in [1.807, 2.05) is 0 Å². The van der Waals surface area contributed by atoms with E-state index < -0.39 is 0 Å². The Hall–Kier alpha value is -10.8. The molecule has 0 atom stereocenters. The Morgan fingerprint density at radius 1 is 0.294 bits per heavy atom. The second kappa shape index (κ2) is 18.3. The minimum atomic E-state index is 0.807. The molecule has 0 saturated carbocycles. The molecule has 2 aromatic heterocycles. The van der Waals surface area contributed by atoms with Crippen molar-refractivity contribution in [2.75, 3.05) is 16.5 Å². The molecule has 4 heterocycles. The molecule has 18 rings (SSSR count). The van der Waals surface area contributed by atoms with Crippen LogP contribution in [0.5, 0.6) is 0 Å². The Bertz CT molecular complexity index is 5120. The molecule has 16 aromatic rings. The van der Waals surface area contributed by atoms with Crippen molar-refractivity contribution in [1.82, 2.24) is 19.1 Å². The Labute approximate surface area is 491 Å². The van der Waals surface area contributed by atoms with E-state index in [1.165, 1.54) is 110 Å². The van der Waals surface area contributed by atoms with Gasteiger partial charge in [-0.1, -0.05) is 230 Å². The van der Waals surface area contributed by atoms with E-state index >= 15 is 0 Å². The van der Waals surface area contributed by atoms with Gasteiger partial charge in [-0.3, -0.25) is 9.13 Å². The van der Waals surface area contributed by atoms with Crippen molar-refractivity contribution in [3.63, 3.8) is 0 Å². The Morgan fingerprint density at radius 3 is 0.976 bits per heavy atom. The summed E-state index contributed by atoms with van der Waals surface area (Å²) in [7, 11) is 0. The summed E-state index contributed by atoms with van der Waals surface area (Å²) in [5.74, 6) is 1.86. The van der Waals surface area contributed by atoms with E-state index in [0.29, 0.717) is 0 Å². The standard InChI is InChI=1S/C79H54N6/c1-48-27-39-56(40-28-48)84-76-68-25-13-5-17-60(68)58-15-3-9-21-64(58)72(76)80-78(84)52-35-31-50(32-36-52)70-43-54-45-82-47-83(74(54)66-23-11-7-19-62(66)70)46-55-44-71(63-20-8-12-24-67(63)75(55)82)51-33-37-53(38-34-51)79-81-73-65-22-10-4-16-59(65)61-18-6-14-26-69(61)77(73)85(79)57-41-29-49(2)30-42-57/h3-44H,45-47H2,1-2H3. The molecule has 6 heteroatoms. The number of rotatable bonds is 6. The Balaban J connectivity index is 0.725. The van der Waals surface area contributed by atoms with E-state index in [2.05, 4.69) is 288 Å². The zero-order chi connectivity index (χ0) is 56.0. The number of anilines is 2. The van der Waals surface area contributed by atoms with Gasteiger partial charge in [-0.05, 0) is 116 Å². The maximum atomic E-state index is 5.57. The van der Waals surface area contributed by atoms with Crippen LogP contribution in [0.15, 0.2) is 255 Å². The summed E-state index contributed by atoms with van der Waals surface area (Å²) in [4.78, 5) is 16.4. The summed E-state index contributed by atoms with van der Waals surface area (Å²) in [6.45, 7) is 6.74. The van der Waals surface area contributed by atoms with Gasteiger partial charge in [0.2, 0.25) is 0 Å². The fourth-order valence-corrected chi connectivity index (χ4v) is 14.6. The lowest BCUT2D eigenvalue weighted by atomic mass is 9.88. The van der Waals surface area contributed by atoms with Crippen molar-refractivity contribution >= 4 is 98.1 Å². The van der Waals surface area contributed by atoms with Gasteiger partial charge in [0, 0.05) is 67.9 Å². The number of aryl methyl sites for hydroxylation is 2. The number of benzene rings is 14. The molecule has 2 bridgehead atoms. The minimum Gasteiger partial charge on any atom is -0.349 e. The van der Waals surface area contributed by atoms with E-state index in [0.717, 1.165) is 86.7 Å². The van der Waals surface area contributed by atoms with Gasteiger partial charge >= 0.3 is 0 Å². The zero-order valence-electron chi connectivity index (χ0n) is 47.1. The summed E-state index contributed by atoms with van der Waals surface area (Å²) in [6, 6.07) is 94.1. The molecule has 2 aliphatic heterocycles. The van der Waals surface area contributed by atoms with Crippen LogP contribution in [0.3, 0.4) is 0 Å². The monoisotopic (exact) mass is 1090 g/mol. The third kappa shape index (κ3) is 7.18. The van der Waals surface area contributed by atoms with Crippen LogP contribution in [0, 0.1) is 13.8 Å². The molecule has 0 radical (unpaired) electrons. The van der Waals surface area contributed by atoms with E-state index in [-0.39, 0.29) is 0 Å². The average Bonchev–Trinajstić information content (AvgIpc) is 2.31. The molecule has 0 amide bonds. The van der Waals surface area contributed by atoms with Crippen LogP contribution < -0.4 is 9.80 Å². The number of fused-ring (bicyclic) bond motifs is 22. The predicted octanol–water partition coefficient (Wildman–Crippen LogP) is 19.9. The maximum absolute atomic E-state index is 5.57.